The number of amides is 1. The zero-order valence-corrected chi connectivity index (χ0v) is 6.34. The van der Waals surface area contributed by atoms with Crippen molar-refractivity contribution in [2.24, 2.45) is 5.92 Å². The molecule has 3 fully saturated rings. The molecule has 1 amide bonds. The van der Waals surface area contributed by atoms with E-state index in [1.54, 1.807) is 0 Å². The van der Waals surface area contributed by atoms with Crippen LogP contribution in [0.15, 0.2) is 0 Å². The molecule has 3 aliphatic heterocycles. The van der Waals surface area contributed by atoms with E-state index in [-0.39, 0.29) is 11.8 Å². The van der Waals surface area contributed by atoms with E-state index in [0.717, 1.165) is 25.9 Å². The number of carbonyl (C=O) groups is 1. The Morgan fingerprint density at radius 1 is 1.40 bits per heavy atom. The third-order valence-electron chi connectivity index (χ3n) is 2.25. The molecule has 0 spiro atoms. The molecule has 0 radical (unpaired) electrons. The van der Waals surface area contributed by atoms with Crippen LogP contribution in [0.25, 0.3) is 0 Å². The van der Waals surface area contributed by atoms with Crippen molar-refractivity contribution in [1.29, 1.82) is 0 Å². The molecule has 0 saturated carbocycles. The van der Waals surface area contributed by atoms with E-state index in [9.17, 15) is 4.79 Å². The summed E-state index contributed by atoms with van der Waals surface area (Å²) < 4.78 is 1.25. The smallest absolute Gasteiger partial charge is 0.255 e. The highest BCUT2D eigenvalue weighted by Gasteiger charge is 2.38. The third kappa shape index (κ3) is 0.739. The number of rotatable bonds is 0. The molecule has 3 nitrogen and oxygen atoms in total. The van der Waals surface area contributed by atoms with E-state index in [4.69, 9.17) is 11.8 Å². The number of piperidine rings is 1. The first-order valence-electron chi connectivity index (χ1n) is 3.53. The first-order chi connectivity index (χ1) is 4.79. The SMILES string of the molecule is O=C1C2CCN(CC2)N1Cl. The first kappa shape index (κ1) is 6.43. The molecule has 4 heteroatoms. The Bertz CT molecular complexity index is 161. The second-order valence-electron chi connectivity index (χ2n) is 2.83. The Hall–Kier alpha value is -0.280. The summed E-state index contributed by atoms with van der Waals surface area (Å²) in [5, 5.41) is 1.89. The Morgan fingerprint density at radius 3 is 2.30 bits per heavy atom. The highest BCUT2D eigenvalue weighted by atomic mass is 35.5. The summed E-state index contributed by atoms with van der Waals surface area (Å²) in [6.45, 7) is 1.89. The van der Waals surface area contributed by atoms with E-state index in [0.29, 0.717) is 0 Å². The van der Waals surface area contributed by atoms with Crippen molar-refractivity contribution >= 4 is 17.7 Å². The van der Waals surface area contributed by atoms with Crippen LogP contribution in [0, 0.1) is 5.92 Å². The van der Waals surface area contributed by atoms with Crippen molar-refractivity contribution in [2.45, 2.75) is 12.8 Å². The van der Waals surface area contributed by atoms with Crippen molar-refractivity contribution < 1.29 is 4.79 Å². The van der Waals surface area contributed by atoms with Gasteiger partial charge in [-0.1, -0.05) is 0 Å². The number of carbonyl (C=O) groups excluding carboxylic acids is 1. The Labute approximate surface area is 64.6 Å². The largest absolute Gasteiger partial charge is 0.272 e. The van der Waals surface area contributed by atoms with Gasteiger partial charge < -0.3 is 0 Å². The van der Waals surface area contributed by atoms with Crippen molar-refractivity contribution in [3.05, 3.63) is 0 Å². The summed E-state index contributed by atoms with van der Waals surface area (Å²) in [4.78, 5) is 11.1. The predicted octanol–water partition coefficient (Wildman–Crippen LogP) is 0.609. The summed E-state index contributed by atoms with van der Waals surface area (Å²) in [5.41, 5.74) is 0. The van der Waals surface area contributed by atoms with Crippen molar-refractivity contribution in [1.82, 2.24) is 9.54 Å². The maximum atomic E-state index is 11.1. The molecule has 56 valence electrons. The minimum Gasteiger partial charge on any atom is -0.272 e. The zero-order chi connectivity index (χ0) is 7.14. The van der Waals surface area contributed by atoms with Crippen LogP contribution in [0.2, 0.25) is 0 Å². The predicted molar refractivity (Wildman–Crippen MR) is 37.0 cm³/mol. The molecule has 0 unspecified atom stereocenters. The van der Waals surface area contributed by atoms with Gasteiger partial charge in [-0.15, -0.1) is 0 Å². The van der Waals surface area contributed by atoms with E-state index in [2.05, 4.69) is 0 Å². The summed E-state index contributed by atoms with van der Waals surface area (Å²) >= 11 is 5.67. The van der Waals surface area contributed by atoms with Gasteiger partial charge in [-0.2, -0.15) is 4.53 Å². The molecule has 0 atom stereocenters. The Morgan fingerprint density at radius 2 is 2.00 bits per heavy atom. The van der Waals surface area contributed by atoms with Gasteiger partial charge in [0, 0.05) is 30.8 Å². The van der Waals surface area contributed by atoms with Gasteiger partial charge in [0.2, 0.25) is 0 Å². The van der Waals surface area contributed by atoms with Crippen LogP contribution >= 0.6 is 11.8 Å². The lowest BCUT2D eigenvalue weighted by Crippen LogP contribution is -2.54. The minimum atomic E-state index is 0.0826. The monoisotopic (exact) mass is 160 g/mol. The average molecular weight is 161 g/mol. The van der Waals surface area contributed by atoms with E-state index in [1.165, 1.54) is 4.53 Å². The maximum absolute atomic E-state index is 11.1. The van der Waals surface area contributed by atoms with E-state index < -0.39 is 0 Å². The molecule has 0 N–H and O–H groups in total. The molecule has 0 aromatic heterocycles. The van der Waals surface area contributed by atoms with Gasteiger partial charge in [-0.3, -0.25) is 4.79 Å². The molecule has 3 heterocycles. The van der Waals surface area contributed by atoms with Crippen molar-refractivity contribution in [3.63, 3.8) is 0 Å². The fourth-order valence-corrected chi connectivity index (χ4v) is 1.87. The number of hydrogen-bond donors (Lipinski definition) is 0. The molecular weight excluding hydrogens is 152 g/mol. The quantitative estimate of drug-likeness (QED) is 0.485. The molecule has 10 heavy (non-hydrogen) atoms. The molecule has 2 bridgehead atoms. The summed E-state index contributed by atoms with van der Waals surface area (Å²) in [7, 11) is 0. The normalized spacial score (nSPS) is 38.9. The number of fused-ring (bicyclic) bond motifs is 3. The van der Waals surface area contributed by atoms with Gasteiger partial charge >= 0.3 is 0 Å². The third-order valence-corrected chi connectivity index (χ3v) is 2.63. The van der Waals surface area contributed by atoms with Gasteiger partial charge in [0.25, 0.3) is 5.91 Å². The fourth-order valence-electron chi connectivity index (χ4n) is 1.58. The summed E-state index contributed by atoms with van der Waals surface area (Å²) in [6.07, 6.45) is 1.98. The number of hydrogen-bond acceptors (Lipinski definition) is 2. The molecule has 0 aliphatic carbocycles. The van der Waals surface area contributed by atoms with Gasteiger partial charge in [0.05, 0.1) is 0 Å². The van der Waals surface area contributed by atoms with E-state index >= 15 is 0 Å². The van der Waals surface area contributed by atoms with Crippen LogP contribution in [-0.4, -0.2) is 28.5 Å². The number of halogens is 1. The lowest BCUT2D eigenvalue weighted by atomic mass is 9.95. The number of hydrazine groups is 1. The number of nitrogens with zero attached hydrogens (tertiary/aromatic N) is 2. The Balaban J connectivity index is 2.20. The van der Waals surface area contributed by atoms with Gasteiger partial charge in [0.15, 0.2) is 0 Å². The summed E-state index contributed by atoms with van der Waals surface area (Å²) in [6, 6.07) is 0. The second kappa shape index (κ2) is 2.10. The highest BCUT2D eigenvalue weighted by molar-refractivity contribution is 6.21. The fraction of sp³-hybridized carbons (Fsp3) is 0.833. The lowest BCUT2D eigenvalue weighted by Gasteiger charge is -2.42. The van der Waals surface area contributed by atoms with Gasteiger partial charge in [-0.25, -0.2) is 5.01 Å². The molecule has 3 rings (SSSR count). The Kier molecular flexibility index (Phi) is 1.35. The molecule has 3 aliphatic rings. The van der Waals surface area contributed by atoms with Crippen molar-refractivity contribution in [2.75, 3.05) is 13.1 Å². The van der Waals surface area contributed by atoms with Crippen LogP contribution in [0.3, 0.4) is 0 Å². The van der Waals surface area contributed by atoms with Crippen molar-refractivity contribution in [3.8, 4) is 0 Å². The molecule has 0 aromatic rings. The van der Waals surface area contributed by atoms with E-state index in [1.807, 2.05) is 5.01 Å². The van der Waals surface area contributed by atoms with Crippen LogP contribution in [0.1, 0.15) is 12.8 Å². The standard InChI is InChI=1S/C6H9ClN2O/c7-9-6(10)5-1-3-8(9)4-2-5/h5H,1-4H2. The maximum Gasteiger partial charge on any atom is 0.255 e. The van der Waals surface area contributed by atoms with Gasteiger partial charge in [-0.05, 0) is 12.8 Å². The summed E-state index contributed by atoms with van der Waals surface area (Å²) in [5.74, 6) is 0.293. The lowest BCUT2D eigenvalue weighted by molar-refractivity contribution is -0.156. The molecular formula is C6H9ClN2O. The topological polar surface area (TPSA) is 23.6 Å². The second-order valence-corrected chi connectivity index (χ2v) is 3.15. The van der Waals surface area contributed by atoms with Crippen LogP contribution in [0.5, 0.6) is 0 Å². The van der Waals surface area contributed by atoms with Gasteiger partial charge in [0.1, 0.15) is 0 Å². The molecule has 0 aromatic carbocycles. The zero-order valence-electron chi connectivity index (χ0n) is 5.59. The minimum absolute atomic E-state index is 0.0826. The highest BCUT2D eigenvalue weighted by Crippen LogP contribution is 2.28. The first-order valence-corrected chi connectivity index (χ1v) is 3.87. The average Bonchev–Trinajstić information content (AvgIpc) is 2.00. The molecule has 3 saturated heterocycles. The van der Waals surface area contributed by atoms with Crippen LogP contribution < -0.4 is 0 Å². The van der Waals surface area contributed by atoms with Crippen LogP contribution in [0.4, 0.5) is 0 Å². The van der Waals surface area contributed by atoms with Crippen LogP contribution in [-0.2, 0) is 4.79 Å².